The molecular weight excluding hydrogens is 586 g/mol. The Morgan fingerprint density at radius 2 is 1.59 bits per heavy atom. The van der Waals surface area contributed by atoms with E-state index in [2.05, 4.69) is 0 Å². The molecule has 0 fully saturated rings. The van der Waals surface area contributed by atoms with Crippen molar-refractivity contribution in [2.24, 2.45) is 0 Å². The van der Waals surface area contributed by atoms with Crippen molar-refractivity contribution in [2.75, 3.05) is 31.7 Å². The lowest BCUT2D eigenvalue weighted by atomic mass is 10.0. The molecule has 0 saturated carbocycles. The van der Waals surface area contributed by atoms with Crippen molar-refractivity contribution in [3.63, 3.8) is 0 Å². The molecule has 0 radical (unpaired) electrons. The number of rotatable bonds is 12. The van der Waals surface area contributed by atoms with Crippen LogP contribution in [-0.2, 0) is 14.8 Å². The molecule has 11 nitrogen and oxygen atoms in total. The molecule has 0 aliphatic heterocycles. The van der Waals surface area contributed by atoms with Crippen LogP contribution in [0.3, 0.4) is 0 Å². The molecule has 4 N–H and O–H groups in total. The fourth-order valence-electron chi connectivity index (χ4n) is 4.10. The van der Waals surface area contributed by atoms with Crippen LogP contribution in [-0.4, -0.2) is 68.1 Å². The molecule has 3 aromatic rings. The van der Waals surface area contributed by atoms with Crippen LogP contribution in [0, 0.1) is 0 Å². The molecule has 0 saturated heterocycles. The Hall–Kier alpha value is -4.29. The fourth-order valence-corrected chi connectivity index (χ4v) is 4.54. The van der Waals surface area contributed by atoms with Gasteiger partial charge in [-0.05, 0) is 87.7 Å². The first-order valence-electron chi connectivity index (χ1n) is 14.1. The first-order valence-corrected chi connectivity index (χ1v) is 16.0. The van der Waals surface area contributed by atoms with Crippen LogP contribution in [0.2, 0.25) is 0 Å². The van der Waals surface area contributed by atoms with Gasteiger partial charge >= 0.3 is 6.09 Å². The van der Waals surface area contributed by atoms with Crippen LogP contribution in [0.4, 0.5) is 10.5 Å². The quantitative estimate of drug-likeness (QED) is 0.241. The predicted octanol–water partition coefficient (Wildman–Crippen LogP) is 4.76. The summed E-state index contributed by atoms with van der Waals surface area (Å²) < 4.78 is 42.3. The van der Waals surface area contributed by atoms with E-state index in [0.29, 0.717) is 17.0 Å². The molecule has 1 atom stereocenters. The van der Waals surface area contributed by atoms with Crippen molar-refractivity contribution < 1.29 is 37.3 Å². The molecule has 0 spiro atoms. The molecule has 0 aliphatic rings. The number of hydrogen-bond acceptors (Lipinski definition) is 9. The number of nitrogens with one attached hydrogen (secondary N) is 1. The lowest BCUT2D eigenvalue weighted by Crippen LogP contribution is -2.41. The van der Waals surface area contributed by atoms with Crippen LogP contribution in [0.1, 0.15) is 56.6 Å². The molecule has 0 bridgehead atoms. The highest BCUT2D eigenvalue weighted by Gasteiger charge is 2.25. The second-order valence-electron chi connectivity index (χ2n) is 11.6. The number of aliphatic hydroxyl groups excluding tert-OH is 1. The molecule has 0 aliphatic carbocycles. The highest BCUT2D eigenvalue weighted by Crippen LogP contribution is 2.30. The number of nitrogens with two attached hydrogens (primary N) is 1. The molecule has 0 unspecified atom stereocenters. The highest BCUT2D eigenvalue weighted by molar-refractivity contribution is 7.89. The van der Waals surface area contributed by atoms with E-state index in [1.54, 1.807) is 83.1 Å². The Labute approximate surface area is 259 Å². The summed E-state index contributed by atoms with van der Waals surface area (Å²) in [7, 11) is -3.74. The predicted molar refractivity (Wildman–Crippen MR) is 169 cm³/mol. The molecule has 238 valence electrons. The van der Waals surface area contributed by atoms with E-state index in [4.69, 9.17) is 19.9 Å². The maximum absolute atomic E-state index is 12.9. The Balaban J connectivity index is 1.70. The van der Waals surface area contributed by atoms with Gasteiger partial charge in [-0.2, -0.15) is 0 Å². The van der Waals surface area contributed by atoms with Gasteiger partial charge in [0.1, 0.15) is 23.7 Å². The third-order valence-electron chi connectivity index (χ3n) is 6.05. The Kier molecular flexibility index (Phi) is 11.2. The zero-order valence-electron chi connectivity index (χ0n) is 25.9. The van der Waals surface area contributed by atoms with E-state index < -0.39 is 33.7 Å². The van der Waals surface area contributed by atoms with Gasteiger partial charge in [0.25, 0.3) is 5.91 Å². The number of anilines is 1. The highest BCUT2D eigenvalue weighted by atomic mass is 32.2. The van der Waals surface area contributed by atoms with E-state index in [1.807, 2.05) is 16.9 Å². The maximum atomic E-state index is 12.9. The smallest absolute Gasteiger partial charge is 0.410 e. The third-order valence-corrected chi connectivity index (χ3v) is 6.61. The van der Waals surface area contributed by atoms with Crippen LogP contribution >= 0.6 is 0 Å². The largest absolute Gasteiger partial charge is 0.492 e. The van der Waals surface area contributed by atoms with Gasteiger partial charge in [-0.25, -0.2) is 17.9 Å². The minimum atomic E-state index is -3.74. The van der Waals surface area contributed by atoms with E-state index >= 15 is 0 Å². The maximum Gasteiger partial charge on any atom is 0.410 e. The van der Waals surface area contributed by atoms with Gasteiger partial charge < -0.3 is 30.0 Å². The number of ether oxygens (including phenoxy) is 3. The van der Waals surface area contributed by atoms with E-state index in [-0.39, 0.29) is 37.1 Å². The molecule has 0 heterocycles. The number of hydrogen-bond donors (Lipinski definition) is 3. The molecule has 44 heavy (non-hydrogen) atoms. The number of nitrogen functional groups attached to an aromatic ring is 1. The van der Waals surface area contributed by atoms with Gasteiger partial charge in [-0.15, -0.1) is 0 Å². The Morgan fingerprint density at radius 1 is 0.977 bits per heavy atom. The number of carbonyl (C=O) groups excluding carboxylic acids is 2. The summed E-state index contributed by atoms with van der Waals surface area (Å²) >= 11 is 0. The van der Waals surface area contributed by atoms with Crippen molar-refractivity contribution in [3.8, 4) is 22.6 Å². The lowest BCUT2D eigenvalue weighted by molar-refractivity contribution is 0.0117. The molecule has 3 rings (SSSR count). The van der Waals surface area contributed by atoms with Crippen molar-refractivity contribution in [1.29, 1.82) is 0 Å². The molecular formula is C32H41N3O8S. The summed E-state index contributed by atoms with van der Waals surface area (Å²) in [5.74, 6) is 0.0296. The van der Waals surface area contributed by atoms with Crippen LogP contribution < -0.4 is 19.9 Å². The van der Waals surface area contributed by atoms with Gasteiger partial charge in [-0.3, -0.25) is 4.79 Å². The standard InChI is InChI=1S/C32H41N3O8S/c1-21(2)42-29-19-24(11-16-27(29)30(37)34-44(6,39)40)22-9-14-26(15-10-22)41-18-17-35(31(38)43-32(3,4)5)20-28(36)23-7-12-25(33)13-8-23/h7-16,19,21,28,36H,17-18,20,33H2,1-6H3,(H,34,37)/t28-/m0/s1. The van der Waals surface area contributed by atoms with E-state index in [1.165, 1.54) is 11.0 Å². The average molecular weight is 628 g/mol. The second-order valence-corrected chi connectivity index (χ2v) is 13.3. The van der Waals surface area contributed by atoms with Crippen molar-refractivity contribution in [1.82, 2.24) is 9.62 Å². The van der Waals surface area contributed by atoms with Gasteiger partial charge in [-0.1, -0.05) is 30.3 Å². The minimum Gasteiger partial charge on any atom is -0.492 e. The third kappa shape index (κ3) is 10.8. The summed E-state index contributed by atoms with van der Waals surface area (Å²) in [4.78, 5) is 26.8. The topological polar surface area (TPSA) is 157 Å². The Morgan fingerprint density at radius 3 is 2.16 bits per heavy atom. The van der Waals surface area contributed by atoms with Crippen LogP contribution in [0.5, 0.6) is 11.5 Å². The van der Waals surface area contributed by atoms with Gasteiger partial charge in [0.05, 0.1) is 37.1 Å². The summed E-state index contributed by atoms with van der Waals surface area (Å²) in [6, 6.07) is 18.9. The second kappa shape index (κ2) is 14.5. The normalized spacial score (nSPS) is 12.4. The SMILES string of the molecule is CC(C)Oc1cc(-c2ccc(OCCN(C[C@H](O)c3ccc(N)cc3)C(=O)OC(C)(C)C)cc2)ccc1C(=O)NS(C)(=O)=O. The van der Waals surface area contributed by atoms with Crippen molar-refractivity contribution in [3.05, 3.63) is 77.9 Å². The minimum absolute atomic E-state index is 0.000114. The first-order chi connectivity index (χ1) is 20.5. The van der Waals surface area contributed by atoms with Crippen LogP contribution in [0.25, 0.3) is 11.1 Å². The number of benzene rings is 3. The summed E-state index contributed by atoms with van der Waals surface area (Å²) in [5, 5.41) is 10.8. The van der Waals surface area contributed by atoms with Gasteiger partial charge in [0, 0.05) is 5.69 Å². The molecule has 0 aromatic heterocycles. The monoisotopic (exact) mass is 627 g/mol. The van der Waals surface area contributed by atoms with Crippen molar-refractivity contribution >= 4 is 27.7 Å². The Bertz CT molecular complexity index is 1530. The number of amides is 2. The average Bonchev–Trinajstić information content (AvgIpc) is 2.91. The molecule has 12 heteroatoms. The lowest BCUT2D eigenvalue weighted by Gasteiger charge is -2.29. The summed E-state index contributed by atoms with van der Waals surface area (Å²) in [5.41, 5.74) is 7.88. The fraction of sp³-hybridized carbons (Fsp3) is 0.375. The van der Waals surface area contributed by atoms with E-state index in [9.17, 15) is 23.1 Å². The van der Waals surface area contributed by atoms with E-state index in [0.717, 1.165) is 17.4 Å². The zero-order valence-corrected chi connectivity index (χ0v) is 26.7. The number of sulfonamides is 1. The molecule has 3 aromatic carbocycles. The zero-order chi connectivity index (χ0) is 32.7. The summed E-state index contributed by atoms with van der Waals surface area (Å²) in [6.07, 6.45) is -0.861. The number of aliphatic hydroxyl groups is 1. The number of nitrogens with zero attached hydrogens (tertiary/aromatic N) is 1. The van der Waals surface area contributed by atoms with Crippen LogP contribution in [0.15, 0.2) is 66.7 Å². The number of carbonyl (C=O) groups is 2. The van der Waals surface area contributed by atoms with Gasteiger partial charge in [0.15, 0.2) is 0 Å². The molecule has 2 amide bonds. The summed E-state index contributed by atoms with van der Waals surface area (Å²) in [6.45, 7) is 9.23. The van der Waals surface area contributed by atoms with Gasteiger partial charge in [0.2, 0.25) is 10.0 Å². The first kappa shape index (κ1) is 34.2. The van der Waals surface area contributed by atoms with Crippen molar-refractivity contribution in [2.45, 2.75) is 52.4 Å².